The number of aliphatic hydroxyl groups is 1. The van der Waals surface area contributed by atoms with Gasteiger partial charge in [-0.1, -0.05) is 50.2 Å². The summed E-state index contributed by atoms with van der Waals surface area (Å²) in [6.45, 7) is 4.00. The lowest BCUT2D eigenvalue weighted by Crippen LogP contribution is -2.47. The number of amides is 1. The number of hydrogen-bond acceptors (Lipinski definition) is 3. The highest BCUT2D eigenvalue weighted by molar-refractivity contribution is 5.86. The summed E-state index contributed by atoms with van der Waals surface area (Å²) >= 11 is 0. The van der Waals surface area contributed by atoms with Crippen LogP contribution in [0.1, 0.15) is 25.0 Å². The minimum atomic E-state index is -1.54. The van der Waals surface area contributed by atoms with Crippen LogP contribution in [0, 0.1) is 5.92 Å². The minimum Gasteiger partial charge on any atom is -0.375 e. The van der Waals surface area contributed by atoms with E-state index in [4.69, 9.17) is 0 Å². The van der Waals surface area contributed by atoms with E-state index in [0.717, 1.165) is 5.56 Å². The second-order valence-electron chi connectivity index (χ2n) is 5.33. The van der Waals surface area contributed by atoms with E-state index < -0.39 is 11.5 Å². The summed E-state index contributed by atoms with van der Waals surface area (Å²) in [7, 11) is 0. The first-order valence-electron chi connectivity index (χ1n) is 7.00. The first-order chi connectivity index (χ1) is 10.0. The molecule has 0 aliphatic carbocycles. The molecular weight excluding hydrogens is 264 g/mol. The first kappa shape index (κ1) is 15.2. The molecule has 0 saturated carbocycles. The van der Waals surface area contributed by atoms with Crippen LogP contribution in [0.15, 0.2) is 54.9 Å². The van der Waals surface area contributed by atoms with Gasteiger partial charge in [0.05, 0.1) is 0 Å². The largest absolute Gasteiger partial charge is 0.375 e. The Morgan fingerprint density at radius 1 is 1.24 bits per heavy atom. The molecule has 1 heterocycles. The average molecular weight is 284 g/mol. The number of rotatable bonds is 5. The van der Waals surface area contributed by atoms with Crippen LogP contribution in [0.5, 0.6) is 0 Å². The van der Waals surface area contributed by atoms with E-state index in [9.17, 15) is 9.90 Å². The van der Waals surface area contributed by atoms with Gasteiger partial charge in [0.15, 0.2) is 5.60 Å². The van der Waals surface area contributed by atoms with E-state index in [-0.39, 0.29) is 5.92 Å². The lowest BCUT2D eigenvalue weighted by molar-refractivity contribution is -0.146. The Balaban J connectivity index is 2.17. The zero-order valence-corrected chi connectivity index (χ0v) is 12.3. The smallest absolute Gasteiger partial charge is 0.257 e. The fourth-order valence-electron chi connectivity index (χ4n) is 2.24. The maximum Gasteiger partial charge on any atom is 0.257 e. The average Bonchev–Trinajstić information content (AvgIpc) is 2.53. The van der Waals surface area contributed by atoms with Crippen LogP contribution in [0.2, 0.25) is 0 Å². The number of hydrogen-bond donors (Lipinski definition) is 2. The van der Waals surface area contributed by atoms with Crippen molar-refractivity contribution in [2.24, 2.45) is 5.92 Å². The highest BCUT2D eigenvalue weighted by Gasteiger charge is 2.40. The molecule has 0 aliphatic heterocycles. The Hall–Kier alpha value is -2.20. The van der Waals surface area contributed by atoms with Crippen LogP contribution in [0.4, 0.5) is 0 Å². The lowest BCUT2D eigenvalue weighted by Gasteiger charge is -2.31. The second kappa shape index (κ2) is 6.50. The van der Waals surface area contributed by atoms with Crippen molar-refractivity contribution in [2.45, 2.75) is 26.0 Å². The monoisotopic (exact) mass is 284 g/mol. The summed E-state index contributed by atoms with van der Waals surface area (Å²) in [5.74, 6) is -0.638. The Kier molecular flexibility index (Phi) is 4.70. The molecule has 4 nitrogen and oxygen atoms in total. The van der Waals surface area contributed by atoms with E-state index in [1.807, 2.05) is 44.2 Å². The Labute approximate surface area is 124 Å². The van der Waals surface area contributed by atoms with Gasteiger partial charge in [0.1, 0.15) is 0 Å². The molecule has 2 rings (SSSR count). The predicted octanol–water partition coefficient (Wildman–Crippen LogP) is 2.24. The molecule has 1 unspecified atom stereocenters. The van der Waals surface area contributed by atoms with Crippen molar-refractivity contribution < 1.29 is 9.90 Å². The third kappa shape index (κ3) is 3.28. The quantitative estimate of drug-likeness (QED) is 0.885. The first-order valence-corrected chi connectivity index (χ1v) is 7.00. The standard InChI is InChI=1S/C17H20N2O2/c1-13(2)17(21,15-8-4-3-5-9-15)16(20)19-12-14-7-6-10-18-11-14/h3-11,13,21H,12H2,1-2H3,(H,19,20). The maximum absolute atomic E-state index is 12.5. The van der Waals surface area contributed by atoms with Crippen molar-refractivity contribution in [3.8, 4) is 0 Å². The number of pyridine rings is 1. The third-order valence-corrected chi connectivity index (χ3v) is 3.57. The Bertz CT molecular complexity index is 584. The summed E-state index contributed by atoms with van der Waals surface area (Å²) < 4.78 is 0. The summed E-state index contributed by atoms with van der Waals surface area (Å²) in [4.78, 5) is 16.5. The second-order valence-corrected chi connectivity index (χ2v) is 5.33. The van der Waals surface area contributed by atoms with E-state index >= 15 is 0 Å². The molecule has 2 aromatic rings. The fraction of sp³-hybridized carbons (Fsp3) is 0.294. The molecule has 1 atom stereocenters. The zero-order chi connectivity index (χ0) is 15.3. The van der Waals surface area contributed by atoms with Crippen LogP contribution in [0.25, 0.3) is 0 Å². The van der Waals surface area contributed by atoms with Crippen LogP contribution in [0.3, 0.4) is 0 Å². The van der Waals surface area contributed by atoms with Crippen molar-refractivity contribution in [3.63, 3.8) is 0 Å². The molecule has 1 aromatic carbocycles. The fourth-order valence-corrected chi connectivity index (χ4v) is 2.24. The van der Waals surface area contributed by atoms with Crippen LogP contribution < -0.4 is 5.32 Å². The number of nitrogens with zero attached hydrogens (tertiary/aromatic N) is 1. The molecule has 0 saturated heterocycles. The lowest BCUT2D eigenvalue weighted by atomic mass is 9.82. The SMILES string of the molecule is CC(C)C(O)(C(=O)NCc1cccnc1)c1ccccc1. The number of carbonyl (C=O) groups excluding carboxylic acids is 1. The highest BCUT2D eigenvalue weighted by atomic mass is 16.3. The number of benzene rings is 1. The van der Waals surface area contributed by atoms with Gasteiger partial charge in [0, 0.05) is 18.9 Å². The van der Waals surface area contributed by atoms with Gasteiger partial charge in [-0.2, -0.15) is 0 Å². The highest BCUT2D eigenvalue weighted by Crippen LogP contribution is 2.29. The summed E-state index contributed by atoms with van der Waals surface area (Å²) in [5.41, 5.74) is -0.0441. The molecule has 0 fully saturated rings. The molecule has 2 N–H and O–H groups in total. The Morgan fingerprint density at radius 3 is 2.52 bits per heavy atom. The predicted molar refractivity (Wildman–Crippen MR) is 81.3 cm³/mol. The molecule has 1 aromatic heterocycles. The molecule has 0 spiro atoms. The van der Waals surface area contributed by atoms with Crippen LogP contribution in [-0.4, -0.2) is 16.0 Å². The van der Waals surface area contributed by atoms with E-state index in [1.54, 1.807) is 24.5 Å². The van der Waals surface area contributed by atoms with Gasteiger partial charge in [0.25, 0.3) is 5.91 Å². The van der Waals surface area contributed by atoms with Crippen molar-refractivity contribution >= 4 is 5.91 Å². The van der Waals surface area contributed by atoms with Gasteiger partial charge in [-0.3, -0.25) is 9.78 Å². The number of carbonyl (C=O) groups is 1. The van der Waals surface area contributed by atoms with Gasteiger partial charge >= 0.3 is 0 Å². The molecule has 4 heteroatoms. The third-order valence-electron chi connectivity index (χ3n) is 3.57. The molecule has 0 radical (unpaired) electrons. The molecule has 110 valence electrons. The van der Waals surface area contributed by atoms with Gasteiger partial charge in [-0.15, -0.1) is 0 Å². The van der Waals surface area contributed by atoms with Gasteiger partial charge in [-0.05, 0) is 23.1 Å². The van der Waals surface area contributed by atoms with E-state index in [1.165, 1.54) is 0 Å². The molecule has 0 aliphatic rings. The maximum atomic E-state index is 12.5. The van der Waals surface area contributed by atoms with Gasteiger partial charge < -0.3 is 10.4 Å². The van der Waals surface area contributed by atoms with Crippen molar-refractivity contribution in [2.75, 3.05) is 0 Å². The summed E-state index contributed by atoms with van der Waals surface area (Å²) in [5, 5.41) is 13.7. The topological polar surface area (TPSA) is 62.2 Å². The number of aromatic nitrogens is 1. The normalized spacial score (nSPS) is 13.7. The summed E-state index contributed by atoms with van der Waals surface area (Å²) in [6.07, 6.45) is 3.37. The van der Waals surface area contributed by atoms with Crippen LogP contribution >= 0.6 is 0 Å². The van der Waals surface area contributed by atoms with Gasteiger partial charge in [-0.25, -0.2) is 0 Å². The summed E-state index contributed by atoms with van der Waals surface area (Å²) in [6, 6.07) is 12.7. The minimum absolute atomic E-state index is 0.242. The van der Waals surface area contributed by atoms with Crippen molar-refractivity contribution in [3.05, 3.63) is 66.0 Å². The van der Waals surface area contributed by atoms with Gasteiger partial charge in [0.2, 0.25) is 0 Å². The van der Waals surface area contributed by atoms with Crippen LogP contribution in [-0.2, 0) is 16.9 Å². The molecule has 0 bridgehead atoms. The Morgan fingerprint density at radius 2 is 1.95 bits per heavy atom. The zero-order valence-electron chi connectivity index (χ0n) is 12.3. The molecular formula is C17H20N2O2. The number of nitrogens with one attached hydrogen (secondary N) is 1. The van der Waals surface area contributed by atoms with E-state index in [2.05, 4.69) is 10.3 Å². The van der Waals surface area contributed by atoms with Crippen molar-refractivity contribution in [1.82, 2.24) is 10.3 Å². The van der Waals surface area contributed by atoms with Crippen molar-refractivity contribution in [1.29, 1.82) is 0 Å². The molecule has 1 amide bonds. The van der Waals surface area contributed by atoms with E-state index in [0.29, 0.717) is 12.1 Å². The molecule has 21 heavy (non-hydrogen) atoms.